The van der Waals surface area contributed by atoms with Crippen LogP contribution in [0.4, 0.5) is 12.0 Å². The molecular weight excluding hydrogens is 795 g/mol. The molecule has 0 saturated heterocycles. The van der Waals surface area contributed by atoms with Crippen molar-refractivity contribution in [2.24, 2.45) is 11.8 Å². The van der Waals surface area contributed by atoms with Crippen LogP contribution in [0.3, 0.4) is 0 Å². The van der Waals surface area contributed by atoms with Crippen molar-refractivity contribution in [2.75, 3.05) is 11.1 Å². The Morgan fingerprint density at radius 2 is 1.07 bits per heavy atom. The normalized spacial score (nSPS) is 15.2. The molecule has 11 heteroatoms. The summed E-state index contributed by atoms with van der Waals surface area (Å²) >= 11 is 11.7. The Morgan fingerprint density at radius 1 is 0.633 bits per heavy atom. The van der Waals surface area contributed by atoms with Crippen molar-refractivity contribution in [1.29, 1.82) is 0 Å². The average molecular weight is 852 g/mol. The Morgan fingerprint density at radius 3 is 1.52 bits per heavy atom. The lowest BCUT2D eigenvalue weighted by molar-refractivity contribution is -0.140. The smallest absolute Gasteiger partial charge is 0.311 e. The molecule has 8 rings (SSSR count). The molecule has 0 radical (unpaired) electrons. The van der Waals surface area contributed by atoms with Crippen LogP contribution in [0.15, 0.2) is 130 Å². The molecule has 9 nitrogen and oxygen atoms in total. The first-order valence-corrected chi connectivity index (χ1v) is 21.2. The summed E-state index contributed by atoms with van der Waals surface area (Å²) < 4.78 is 10.9. The fourth-order valence-corrected chi connectivity index (χ4v) is 8.40. The zero-order chi connectivity index (χ0) is 41.4. The van der Waals surface area contributed by atoms with Gasteiger partial charge in [0.15, 0.2) is 0 Å². The number of nitrogens with one attached hydrogen (secondary N) is 1. The molecule has 4 aromatic carbocycles. The second-order valence-corrected chi connectivity index (χ2v) is 16.2. The number of amides is 1. The van der Waals surface area contributed by atoms with Crippen LogP contribution in [0.25, 0.3) is 0 Å². The lowest BCUT2D eigenvalue weighted by Crippen LogP contribution is -2.29. The molecule has 1 amide bonds. The maximum atomic E-state index is 13.2. The molecule has 2 aromatic heterocycles. The Bertz CT molecular complexity index is 2160. The first-order valence-electron chi connectivity index (χ1n) is 20.5. The van der Waals surface area contributed by atoms with Crippen LogP contribution in [0, 0.1) is 11.8 Å². The van der Waals surface area contributed by atoms with Gasteiger partial charge in [0.25, 0.3) is 6.01 Å². The molecule has 4 N–H and O–H groups in total. The number of anilines is 2. The maximum absolute atomic E-state index is 13.2. The van der Waals surface area contributed by atoms with Gasteiger partial charge in [0, 0.05) is 22.9 Å². The number of aromatic nitrogens is 2. The van der Waals surface area contributed by atoms with Crippen molar-refractivity contribution in [3.8, 4) is 0 Å². The minimum atomic E-state index is -0.668. The third-order valence-electron chi connectivity index (χ3n) is 11.0. The topological polar surface area (TPSA) is 144 Å². The number of hydrogen-bond donors (Lipinski definition) is 3. The van der Waals surface area contributed by atoms with E-state index in [1.165, 1.54) is 38.5 Å². The third-order valence-corrected chi connectivity index (χ3v) is 11.6. The number of nitrogens with two attached hydrogens (primary N) is 1. The highest BCUT2D eigenvalue weighted by atomic mass is 35.5. The van der Waals surface area contributed by atoms with Crippen molar-refractivity contribution in [3.05, 3.63) is 165 Å². The van der Waals surface area contributed by atoms with Gasteiger partial charge in [0.05, 0.1) is 24.2 Å². The largest absolute Gasteiger partial charge is 0.481 e. The van der Waals surface area contributed by atoms with E-state index in [9.17, 15) is 14.7 Å². The number of benzene rings is 4. The molecule has 2 heterocycles. The van der Waals surface area contributed by atoms with E-state index in [0.29, 0.717) is 35.5 Å². The summed E-state index contributed by atoms with van der Waals surface area (Å²) in [6.07, 6.45) is 16.1. The predicted octanol–water partition coefficient (Wildman–Crippen LogP) is 12.8. The summed E-state index contributed by atoms with van der Waals surface area (Å²) in [6, 6.07) is 35.4. The number of carboxylic acid groups (broad SMARTS) is 1. The fourth-order valence-electron chi connectivity index (χ4n) is 8.15. The molecule has 0 spiro atoms. The van der Waals surface area contributed by atoms with E-state index in [1.807, 2.05) is 109 Å². The van der Waals surface area contributed by atoms with Gasteiger partial charge >= 0.3 is 12.0 Å². The van der Waals surface area contributed by atoms with Crippen molar-refractivity contribution in [3.63, 3.8) is 0 Å². The summed E-state index contributed by atoms with van der Waals surface area (Å²) in [6.45, 7) is 0. The summed E-state index contributed by atoms with van der Waals surface area (Å²) in [5.74, 6) is 0.954. The van der Waals surface area contributed by atoms with Crippen LogP contribution in [-0.4, -0.2) is 27.0 Å². The minimum absolute atomic E-state index is 0. The van der Waals surface area contributed by atoms with Gasteiger partial charge in [0.2, 0.25) is 5.91 Å². The number of carbonyl (C=O) groups is 2. The number of hydrogen-bond acceptors (Lipinski definition) is 7. The molecule has 60 heavy (non-hydrogen) atoms. The molecule has 0 bridgehead atoms. The number of nitrogen functional groups attached to an aromatic ring is 1. The average Bonchev–Trinajstić information content (AvgIpc) is 3.89. The van der Waals surface area contributed by atoms with Crippen LogP contribution in [0.5, 0.6) is 0 Å². The minimum Gasteiger partial charge on any atom is -0.481 e. The predicted molar refractivity (Wildman–Crippen MR) is 240 cm³/mol. The van der Waals surface area contributed by atoms with Gasteiger partial charge < -0.3 is 19.7 Å². The monoisotopic (exact) mass is 850 g/mol. The van der Waals surface area contributed by atoms with Gasteiger partial charge in [-0.25, -0.2) is 9.97 Å². The fraction of sp³-hybridized carbons (Fsp3) is 0.347. The number of halogens is 2. The highest BCUT2D eigenvalue weighted by molar-refractivity contribution is 6.30. The zero-order valence-corrected chi connectivity index (χ0v) is 34.7. The number of aliphatic carboxylic acids is 1. The molecule has 0 aliphatic heterocycles. The summed E-state index contributed by atoms with van der Waals surface area (Å²) in [4.78, 5) is 32.7. The second-order valence-electron chi connectivity index (χ2n) is 15.3. The lowest BCUT2D eigenvalue weighted by atomic mass is 9.76. The van der Waals surface area contributed by atoms with Gasteiger partial charge in [-0.05, 0) is 84.0 Å². The molecule has 316 valence electrons. The summed E-state index contributed by atoms with van der Waals surface area (Å²) in [5, 5.41) is 13.7. The number of nitrogens with zero attached hydrogens (tertiary/aromatic N) is 2. The summed E-state index contributed by atoms with van der Waals surface area (Å²) in [5.41, 5.74) is 9.57. The Labute approximate surface area is 363 Å². The van der Waals surface area contributed by atoms with Gasteiger partial charge in [-0.1, -0.05) is 154 Å². The van der Waals surface area contributed by atoms with E-state index in [2.05, 4.69) is 15.3 Å². The molecule has 6 aromatic rings. The lowest BCUT2D eigenvalue weighted by Gasteiger charge is -2.29. The first kappa shape index (κ1) is 45.7. The van der Waals surface area contributed by atoms with Gasteiger partial charge in [0.1, 0.15) is 11.5 Å². The van der Waals surface area contributed by atoms with Crippen molar-refractivity contribution in [2.45, 2.75) is 96.3 Å². The molecular formula is C49H56Cl2N4O5. The highest BCUT2D eigenvalue weighted by Crippen LogP contribution is 2.38. The third kappa shape index (κ3) is 13.8. The molecule has 2 unspecified atom stereocenters. The number of carbonyl (C=O) groups excluding carboxylic acids is 1. The van der Waals surface area contributed by atoms with E-state index >= 15 is 0 Å². The van der Waals surface area contributed by atoms with Gasteiger partial charge in [-0.15, -0.1) is 0 Å². The summed E-state index contributed by atoms with van der Waals surface area (Å²) in [7, 11) is 0. The van der Waals surface area contributed by atoms with Crippen LogP contribution in [0.2, 0.25) is 10.0 Å². The SMILES string of the molecule is C.Nc1ncc(Cc2ccc(Cl)cc2)o1.O=C(Nc1ncc(Cc2ccc(Cl)cc2)o1)C(c1ccccc1)C1CCCCC1.O=C(O)C(c1ccccc1)C1CCCCC1. The van der Waals surface area contributed by atoms with Crippen molar-refractivity contribution in [1.82, 2.24) is 9.97 Å². The van der Waals surface area contributed by atoms with E-state index in [4.69, 9.17) is 37.8 Å². The number of oxazole rings is 2. The van der Waals surface area contributed by atoms with Gasteiger partial charge in [-0.3, -0.25) is 14.9 Å². The zero-order valence-electron chi connectivity index (χ0n) is 33.1. The van der Waals surface area contributed by atoms with E-state index in [0.717, 1.165) is 58.7 Å². The Kier molecular flexibility index (Phi) is 17.8. The molecule has 2 aliphatic rings. The van der Waals surface area contributed by atoms with Crippen molar-refractivity contribution >= 4 is 47.1 Å². The Balaban J connectivity index is 0.000000186. The quantitative estimate of drug-likeness (QED) is 0.117. The highest BCUT2D eigenvalue weighted by Gasteiger charge is 2.32. The van der Waals surface area contributed by atoms with E-state index in [-0.39, 0.29) is 37.2 Å². The molecule has 2 aliphatic carbocycles. The van der Waals surface area contributed by atoms with Gasteiger partial charge in [-0.2, -0.15) is 0 Å². The molecule has 2 saturated carbocycles. The first-order chi connectivity index (χ1) is 28.7. The van der Waals surface area contributed by atoms with Crippen LogP contribution >= 0.6 is 23.2 Å². The number of carboxylic acids is 1. The van der Waals surface area contributed by atoms with Crippen LogP contribution in [-0.2, 0) is 22.4 Å². The maximum Gasteiger partial charge on any atom is 0.311 e. The molecule has 2 atom stereocenters. The van der Waals surface area contributed by atoms with Crippen LogP contribution in [0.1, 0.15) is 117 Å². The molecule has 2 fully saturated rings. The van der Waals surface area contributed by atoms with E-state index < -0.39 is 5.97 Å². The van der Waals surface area contributed by atoms with Crippen LogP contribution < -0.4 is 11.1 Å². The number of rotatable bonds is 11. The standard InChI is InChI=1S/C24H25ClN2O2.C14H18O2.C10H9ClN2O.CH4/c25-20-13-11-17(12-14-20)15-21-16-26-24(29-21)27-23(28)22(18-7-3-1-4-8-18)19-9-5-2-6-10-19;15-14(16)13(11-7-3-1-4-8-11)12-9-5-2-6-10-12;11-8-3-1-7(2-4-8)5-9-6-13-10(12)14-9;/h1,3-4,7-8,11-14,16,19,22H,2,5-6,9-10,15H2,(H,26,27,28);1,3-4,7-8,12-13H,2,5-6,9-10H2,(H,15,16);1-4,6H,5H2,(H2,12,13);1H4. The van der Waals surface area contributed by atoms with E-state index in [1.54, 1.807) is 12.4 Å². The second kappa shape index (κ2) is 23.4. The van der Waals surface area contributed by atoms with Crippen molar-refractivity contribution < 1.29 is 23.5 Å². The Hall–Kier alpha value is -5.38.